The lowest BCUT2D eigenvalue weighted by Gasteiger charge is -2.07. The highest BCUT2D eigenvalue weighted by Crippen LogP contribution is 2.32. The third-order valence-corrected chi connectivity index (χ3v) is 10.6. The van der Waals surface area contributed by atoms with Crippen LogP contribution in [0.3, 0.4) is 0 Å². The van der Waals surface area contributed by atoms with E-state index in [1.54, 1.807) is 66.0 Å². The quantitative estimate of drug-likeness (QED) is 0.131. The summed E-state index contributed by atoms with van der Waals surface area (Å²) in [6.07, 6.45) is 0. The minimum absolute atomic E-state index is 0.0406. The van der Waals surface area contributed by atoms with Gasteiger partial charge in [-0.25, -0.2) is 4.79 Å². The number of hydrogen-bond donors (Lipinski definition) is 1. The second kappa shape index (κ2) is 12.6. The number of fused-ring (bicyclic) bond motifs is 2. The molecule has 0 unspecified atom stereocenters. The Kier molecular flexibility index (Phi) is 8.83. The molecule has 0 amide bonds. The molecule has 0 saturated heterocycles. The van der Waals surface area contributed by atoms with Crippen molar-refractivity contribution in [2.45, 2.75) is 16.7 Å². The minimum Gasteiger partial charge on any atom is -0.478 e. The molecule has 1 N–H and O–H groups in total. The first kappa shape index (κ1) is 30.9. The van der Waals surface area contributed by atoms with E-state index < -0.39 is 26.2 Å². The fourth-order valence-electron chi connectivity index (χ4n) is 4.08. The Morgan fingerprint density at radius 2 is 1.02 bits per heavy atom. The van der Waals surface area contributed by atoms with Gasteiger partial charge in [0, 0.05) is 36.5 Å². The van der Waals surface area contributed by atoms with Gasteiger partial charge in [-0.2, -0.15) is 16.8 Å². The lowest BCUT2D eigenvalue weighted by atomic mass is 10.1. The van der Waals surface area contributed by atoms with Gasteiger partial charge >= 0.3 is 26.2 Å². The topological polar surface area (TPSA) is 141 Å². The van der Waals surface area contributed by atoms with Crippen LogP contribution in [-0.4, -0.2) is 33.7 Å². The zero-order valence-electron chi connectivity index (χ0n) is 22.7. The predicted octanol–water partition coefficient (Wildman–Crippen LogP) is 7.24. The molecule has 224 valence electrons. The molecule has 6 aromatic rings. The second-order valence-corrected chi connectivity index (χ2v) is 14.1. The van der Waals surface area contributed by atoms with E-state index in [1.165, 1.54) is 71.4 Å². The third kappa shape index (κ3) is 6.81. The average molecular weight is 667 g/mol. The molecule has 0 radical (unpaired) electrons. The monoisotopic (exact) mass is 666 g/mol. The molecule has 0 aliphatic carbocycles. The normalized spacial score (nSPS) is 11.5. The van der Waals surface area contributed by atoms with E-state index in [9.17, 15) is 26.4 Å². The van der Waals surface area contributed by atoms with E-state index in [0.717, 1.165) is 9.40 Å². The van der Waals surface area contributed by atoms with Crippen LogP contribution < -0.4 is 8.37 Å². The molecule has 13 heteroatoms. The molecule has 0 spiro atoms. The molecule has 0 fully saturated rings. The minimum atomic E-state index is -3.94. The Bertz CT molecular complexity index is 2040. The maximum atomic E-state index is 12.2. The molecule has 4 aromatic carbocycles. The summed E-state index contributed by atoms with van der Waals surface area (Å²) in [5, 5.41) is 13.6. The van der Waals surface area contributed by atoms with Gasteiger partial charge < -0.3 is 13.5 Å². The van der Waals surface area contributed by atoms with Gasteiger partial charge in [-0.15, -0.1) is 22.7 Å². The summed E-state index contributed by atoms with van der Waals surface area (Å²) in [5.74, 6) is -0.849. The molecular formula is C31H22O9S4. The van der Waals surface area contributed by atoms with Crippen LogP contribution in [0.2, 0.25) is 0 Å². The van der Waals surface area contributed by atoms with Gasteiger partial charge in [-0.05, 0) is 67.6 Å². The summed E-state index contributed by atoms with van der Waals surface area (Å²) in [6, 6.07) is 25.2. The van der Waals surface area contributed by atoms with Crippen LogP contribution >= 0.6 is 22.7 Å². The first-order valence-electron chi connectivity index (χ1n) is 12.7. The lowest BCUT2D eigenvalue weighted by molar-refractivity contribution is 0.0699. The number of carbonyl (C=O) groups is 2. The van der Waals surface area contributed by atoms with Crippen molar-refractivity contribution in [1.29, 1.82) is 0 Å². The largest absolute Gasteiger partial charge is 0.478 e. The Labute approximate surface area is 260 Å². The molecule has 44 heavy (non-hydrogen) atoms. The number of aromatic carboxylic acids is 1. The second-order valence-electron chi connectivity index (χ2n) is 9.18. The number of carbonyl (C=O) groups excluding carboxylic acids is 1. The highest BCUT2D eigenvalue weighted by Gasteiger charge is 2.19. The SMILES string of the molecule is CC(=O)c1csc2ccc(OS(=O)(=O)c3ccccc3)cc12.O=C(O)c1csc2ccc(OS(=O)(=O)c3ccccc3)cc12. The van der Waals surface area contributed by atoms with Gasteiger partial charge in [-0.1, -0.05) is 36.4 Å². The fraction of sp³-hybridized carbons (Fsp3) is 0.0323. The zero-order valence-corrected chi connectivity index (χ0v) is 26.0. The Balaban J connectivity index is 0.000000175. The van der Waals surface area contributed by atoms with E-state index in [4.69, 9.17) is 13.5 Å². The molecule has 0 aliphatic heterocycles. The van der Waals surface area contributed by atoms with Crippen LogP contribution in [0, 0.1) is 0 Å². The van der Waals surface area contributed by atoms with Crippen molar-refractivity contribution in [2.75, 3.05) is 0 Å². The standard InChI is InChI=1S/C16H12O4S2.C15H10O5S2/c1-11(17)15-10-21-16-8-7-12(9-14(15)16)20-22(18,19)13-5-3-2-4-6-13;16-15(17)13-9-21-14-7-6-10(8-12(13)14)20-22(18,19)11-4-2-1-3-5-11/h2-10H,1H3;1-9H,(H,16,17). The summed E-state index contributed by atoms with van der Waals surface area (Å²) >= 11 is 2.72. The summed E-state index contributed by atoms with van der Waals surface area (Å²) < 4.78 is 60.6. The van der Waals surface area contributed by atoms with Crippen LogP contribution in [-0.2, 0) is 20.2 Å². The number of carboxylic acids is 1. The molecule has 0 bridgehead atoms. The number of benzene rings is 4. The van der Waals surface area contributed by atoms with Gasteiger partial charge in [0.2, 0.25) is 0 Å². The van der Waals surface area contributed by atoms with Gasteiger partial charge in [0.05, 0.1) is 5.56 Å². The van der Waals surface area contributed by atoms with E-state index in [0.29, 0.717) is 16.3 Å². The molecule has 2 heterocycles. The van der Waals surface area contributed by atoms with Crippen LogP contribution in [0.15, 0.2) is 118 Å². The highest BCUT2D eigenvalue weighted by atomic mass is 32.2. The van der Waals surface area contributed by atoms with Crippen molar-refractivity contribution >= 4 is 74.8 Å². The number of Topliss-reactive ketones (excluding diaryl/α,β-unsaturated/α-hetero) is 1. The molecular weight excluding hydrogens is 645 g/mol. The first-order chi connectivity index (χ1) is 20.9. The van der Waals surface area contributed by atoms with Crippen LogP contribution in [0.1, 0.15) is 27.6 Å². The molecule has 0 saturated carbocycles. The van der Waals surface area contributed by atoms with E-state index >= 15 is 0 Å². The van der Waals surface area contributed by atoms with E-state index in [-0.39, 0.29) is 32.6 Å². The smallest absolute Gasteiger partial charge is 0.339 e. The van der Waals surface area contributed by atoms with E-state index in [1.807, 2.05) is 0 Å². The van der Waals surface area contributed by atoms with Crippen LogP contribution in [0.5, 0.6) is 11.5 Å². The number of thiophene rings is 2. The van der Waals surface area contributed by atoms with Crippen LogP contribution in [0.4, 0.5) is 0 Å². The van der Waals surface area contributed by atoms with Crippen molar-refractivity contribution in [3.8, 4) is 11.5 Å². The lowest BCUT2D eigenvalue weighted by Crippen LogP contribution is -2.09. The summed E-state index contributed by atoms with van der Waals surface area (Å²) in [7, 11) is -7.82. The zero-order chi connectivity index (χ0) is 31.5. The number of ketones is 1. The van der Waals surface area contributed by atoms with Crippen LogP contribution in [0.25, 0.3) is 20.2 Å². The maximum Gasteiger partial charge on any atom is 0.339 e. The van der Waals surface area contributed by atoms with E-state index in [2.05, 4.69) is 0 Å². The molecule has 0 atom stereocenters. The molecule has 9 nitrogen and oxygen atoms in total. The summed E-state index contributed by atoms with van der Waals surface area (Å²) in [4.78, 5) is 22.9. The van der Waals surface area contributed by atoms with Gasteiger partial charge in [-0.3, -0.25) is 4.79 Å². The predicted molar refractivity (Wildman–Crippen MR) is 169 cm³/mol. The molecule has 2 aromatic heterocycles. The Morgan fingerprint density at radius 3 is 1.43 bits per heavy atom. The maximum absolute atomic E-state index is 12.2. The van der Waals surface area contributed by atoms with Crippen molar-refractivity contribution in [1.82, 2.24) is 0 Å². The van der Waals surface area contributed by atoms with Gasteiger partial charge in [0.1, 0.15) is 21.3 Å². The van der Waals surface area contributed by atoms with Crippen molar-refractivity contribution in [3.05, 3.63) is 119 Å². The van der Waals surface area contributed by atoms with Gasteiger partial charge in [0.15, 0.2) is 5.78 Å². The van der Waals surface area contributed by atoms with Gasteiger partial charge in [0.25, 0.3) is 0 Å². The summed E-state index contributed by atoms with van der Waals surface area (Å²) in [5.41, 5.74) is 0.699. The first-order valence-corrected chi connectivity index (χ1v) is 17.3. The average Bonchev–Trinajstić information content (AvgIpc) is 3.62. The number of rotatable bonds is 8. The van der Waals surface area contributed by atoms with Crippen molar-refractivity contribution < 1.29 is 39.9 Å². The van der Waals surface area contributed by atoms with Crippen molar-refractivity contribution in [3.63, 3.8) is 0 Å². The fourth-order valence-corrected chi connectivity index (χ4v) is 7.87. The summed E-state index contributed by atoms with van der Waals surface area (Å²) in [6.45, 7) is 1.48. The van der Waals surface area contributed by atoms with Crippen molar-refractivity contribution in [2.24, 2.45) is 0 Å². The molecule has 6 rings (SSSR count). The molecule has 0 aliphatic rings. The Hall–Kier alpha value is -4.56. The highest BCUT2D eigenvalue weighted by molar-refractivity contribution is 7.87. The Morgan fingerprint density at radius 1 is 0.614 bits per heavy atom. The third-order valence-electron chi connectivity index (χ3n) is 6.18. The number of carboxylic acid groups (broad SMARTS) is 1. The number of hydrogen-bond acceptors (Lipinski definition) is 10.